The molecule has 0 bridgehead atoms. The number of halogens is 1. The first kappa shape index (κ1) is 26.1. The van der Waals surface area contributed by atoms with Gasteiger partial charge in [0.25, 0.3) is 0 Å². The molecule has 1 aliphatic rings. The van der Waals surface area contributed by atoms with Gasteiger partial charge < -0.3 is 20.4 Å². The Labute approximate surface area is 210 Å². The van der Waals surface area contributed by atoms with E-state index in [0.29, 0.717) is 41.7 Å². The quantitative estimate of drug-likeness (QED) is 0.329. The Morgan fingerprint density at radius 3 is 2.65 bits per heavy atom. The van der Waals surface area contributed by atoms with E-state index in [1.165, 1.54) is 11.8 Å². The molecule has 1 aromatic heterocycles. The van der Waals surface area contributed by atoms with Crippen molar-refractivity contribution in [2.75, 3.05) is 35.6 Å². The maximum Gasteiger partial charge on any atom is 0.322 e. The first-order valence-electron chi connectivity index (χ1n) is 11.5. The summed E-state index contributed by atoms with van der Waals surface area (Å²) in [6, 6.07) is 9.45. The third-order valence-corrected chi connectivity index (χ3v) is 6.90. The van der Waals surface area contributed by atoms with Gasteiger partial charge in [0.05, 0.1) is 5.75 Å². The first-order chi connectivity index (χ1) is 16.1. The van der Waals surface area contributed by atoms with Gasteiger partial charge in [0, 0.05) is 43.5 Å². The molecule has 1 aromatic carbocycles. The molecule has 1 aliphatic heterocycles. The molecule has 3 rings (SSSR count). The van der Waals surface area contributed by atoms with Crippen LogP contribution >= 0.6 is 23.4 Å². The minimum absolute atomic E-state index is 0.0216. The Kier molecular flexibility index (Phi) is 9.02. The second-order valence-electron chi connectivity index (χ2n) is 9.01. The van der Waals surface area contributed by atoms with Gasteiger partial charge in [-0.25, -0.2) is 14.8 Å². The van der Waals surface area contributed by atoms with E-state index >= 15 is 0 Å². The molecule has 2 unspecified atom stereocenters. The minimum atomic E-state index is -0.114. The van der Waals surface area contributed by atoms with E-state index < -0.39 is 0 Å². The molecule has 3 amide bonds. The van der Waals surface area contributed by atoms with Gasteiger partial charge in [-0.15, -0.1) is 0 Å². The lowest BCUT2D eigenvalue weighted by Crippen LogP contribution is -2.55. The second kappa shape index (κ2) is 11.8. The van der Waals surface area contributed by atoms with Crippen molar-refractivity contribution >= 4 is 46.8 Å². The highest BCUT2D eigenvalue weighted by Crippen LogP contribution is 2.24. The van der Waals surface area contributed by atoms with Crippen molar-refractivity contribution in [2.45, 2.75) is 51.9 Å². The van der Waals surface area contributed by atoms with Crippen LogP contribution in [0.2, 0.25) is 5.15 Å². The molecule has 8 nitrogen and oxygen atoms in total. The Morgan fingerprint density at radius 2 is 1.97 bits per heavy atom. The van der Waals surface area contributed by atoms with Crippen LogP contribution in [0.15, 0.2) is 35.5 Å². The van der Waals surface area contributed by atoms with Crippen LogP contribution in [0.3, 0.4) is 0 Å². The molecular formula is C24H33ClN6O2S. The van der Waals surface area contributed by atoms with E-state index in [1.54, 1.807) is 6.07 Å². The number of nitrogens with zero attached hydrogens (tertiary/aromatic N) is 4. The number of hydrogen-bond donors (Lipinski definition) is 2. The van der Waals surface area contributed by atoms with Crippen LogP contribution in [0.4, 0.5) is 16.3 Å². The molecule has 1 saturated heterocycles. The first-order valence-corrected chi connectivity index (χ1v) is 12.8. The molecule has 0 aliphatic carbocycles. The maximum absolute atomic E-state index is 12.8. The molecule has 0 saturated carbocycles. The number of amides is 3. The minimum Gasteiger partial charge on any atom is -0.353 e. The lowest BCUT2D eigenvalue weighted by molar-refractivity contribution is -0.119. The molecule has 10 heteroatoms. The van der Waals surface area contributed by atoms with E-state index in [2.05, 4.69) is 39.3 Å². The summed E-state index contributed by atoms with van der Waals surface area (Å²) in [5.41, 5.74) is 1.88. The number of aromatic nitrogens is 2. The zero-order valence-corrected chi connectivity index (χ0v) is 21.9. The average molecular weight is 505 g/mol. The van der Waals surface area contributed by atoms with Crippen molar-refractivity contribution in [3.63, 3.8) is 0 Å². The lowest BCUT2D eigenvalue weighted by Gasteiger charge is -2.40. The maximum atomic E-state index is 12.8. The molecule has 1 fully saturated rings. The number of urea groups is 1. The standard InChI is InChI=1S/C24H33ClN6O2S/c1-15(2)18(5)26-22(32)14-34-23-28-20(25)12-21(29-23)30-9-10-31(17(4)13-30)24(33)27-19-8-6-7-16(3)11-19/h6-8,11-12,15,17-18H,9-10,13-14H2,1-5H3,(H,26,32)(H,27,33). The second-order valence-corrected chi connectivity index (χ2v) is 10.3. The predicted octanol–water partition coefficient (Wildman–Crippen LogP) is 4.43. The Bertz CT molecular complexity index is 1020. The average Bonchev–Trinajstić information content (AvgIpc) is 2.77. The van der Waals surface area contributed by atoms with Crippen molar-refractivity contribution in [2.24, 2.45) is 5.92 Å². The molecular weight excluding hydrogens is 472 g/mol. The fourth-order valence-corrected chi connectivity index (χ4v) is 4.48. The van der Waals surface area contributed by atoms with Gasteiger partial charge in [-0.1, -0.05) is 49.3 Å². The topological polar surface area (TPSA) is 90.5 Å². The van der Waals surface area contributed by atoms with Gasteiger partial charge in [0.2, 0.25) is 5.91 Å². The monoisotopic (exact) mass is 504 g/mol. The normalized spacial score (nSPS) is 17.0. The SMILES string of the molecule is Cc1cccc(NC(=O)N2CCN(c3cc(Cl)nc(SCC(=O)NC(C)C(C)C)n3)CC2C)c1. The molecule has 2 N–H and O–H groups in total. The third kappa shape index (κ3) is 7.24. The van der Waals surface area contributed by atoms with Crippen LogP contribution in [0, 0.1) is 12.8 Å². The smallest absolute Gasteiger partial charge is 0.322 e. The fourth-order valence-electron chi connectivity index (χ4n) is 3.59. The number of carbonyl (C=O) groups excluding carboxylic acids is 2. The van der Waals surface area contributed by atoms with Gasteiger partial charge in [-0.05, 0) is 44.4 Å². The molecule has 34 heavy (non-hydrogen) atoms. The van der Waals surface area contributed by atoms with Gasteiger partial charge >= 0.3 is 6.03 Å². The summed E-state index contributed by atoms with van der Waals surface area (Å²) in [6.07, 6.45) is 0. The van der Waals surface area contributed by atoms with E-state index in [9.17, 15) is 9.59 Å². The van der Waals surface area contributed by atoms with Gasteiger partial charge in [-0.3, -0.25) is 4.79 Å². The summed E-state index contributed by atoms with van der Waals surface area (Å²) in [5.74, 6) is 1.23. The number of benzene rings is 1. The molecule has 2 atom stereocenters. The van der Waals surface area contributed by atoms with Crippen LogP contribution in [-0.2, 0) is 4.79 Å². The number of hydrogen-bond acceptors (Lipinski definition) is 6. The highest BCUT2D eigenvalue weighted by atomic mass is 35.5. The van der Waals surface area contributed by atoms with Crippen molar-refractivity contribution in [3.8, 4) is 0 Å². The lowest BCUT2D eigenvalue weighted by atomic mass is 10.1. The fraction of sp³-hybridized carbons (Fsp3) is 0.500. The number of rotatable bonds is 7. The number of aryl methyl sites for hydroxylation is 1. The van der Waals surface area contributed by atoms with Crippen LogP contribution in [0.25, 0.3) is 0 Å². The van der Waals surface area contributed by atoms with Crippen LogP contribution < -0.4 is 15.5 Å². The van der Waals surface area contributed by atoms with Crippen molar-refractivity contribution in [1.29, 1.82) is 0 Å². The molecule has 2 heterocycles. The summed E-state index contributed by atoms with van der Waals surface area (Å²) in [7, 11) is 0. The number of anilines is 2. The zero-order chi connectivity index (χ0) is 24.8. The summed E-state index contributed by atoms with van der Waals surface area (Å²) >= 11 is 7.53. The summed E-state index contributed by atoms with van der Waals surface area (Å²) in [6.45, 7) is 11.9. The molecule has 0 radical (unpaired) electrons. The summed E-state index contributed by atoms with van der Waals surface area (Å²) in [5, 5.41) is 6.76. The predicted molar refractivity (Wildman–Crippen MR) is 139 cm³/mol. The van der Waals surface area contributed by atoms with Gasteiger partial charge in [0.15, 0.2) is 5.16 Å². The zero-order valence-electron chi connectivity index (χ0n) is 20.3. The Morgan fingerprint density at radius 1 is 1.21 bits per heavy atom. The van der Waals surface area contributed by atoms with Gasteiger partial charge in [0.1, 0.15) is 11.0 Å². The Hall–Kier alpha value is -2.52. The third-order valence-electron chi connectivity index (χ3n) is 5.86. The summed E-state index contributed by atoms with van der Waals surface area (Å²) in [4.78, 5) is 37.9. The summed E-state index contributed by atoms with van der Waals surface area (Å²) < 4.78 is 0. The van der Waals surface area contributed by atoms with Crippen LogP contribution in [0.5, 0.6) is 0 Å². The van der Waals surface area contributed by atoms with Crippen LogP contribution in [-0.4, -0.2) is 64.3 Å². The van der Waals surface area contributed by atoms with E-state index in [1.807, 2.05) is 49.9 Å². The van der Waals surface area contributed by atoms with Crippen molar-refractivity contribution in [3.05, 3.63) is 41.0 Å². The van der Waals surface area contributed by atoms with E-state index in [-0.39, 0.29) is 29.8 Å². The Balaban J connectivity index is 1.59. The molecule has 184 valence electrons. The van der Waals surface area contributed by atoms with E-state index in [4.69, 9.17) is 11.6 Å². The highest BCUT2D eigenvalue weighted by molar-refractivity contribution is 7.99. The number of carbonyl (C=O) groups is 2. The van der Waals surface area contributed by atoms with Crippen molar-refractivity contribution < 1.29 is 9.59 Å². The highest BCUT2D eigenvalue weighted by Gasteiger charge is 2.28. The van der Waals surface area contributed by atoms with Gasteiger partial charge in [-0.2, -0.15) is 0 Å². The molecule has 2 aromatic rings. The van der Waals surface area contributed by atoms with Crippen molar-refractivity contribution in [1.82, 2.24) is 20.2 Å². The number of piperazine rings is 1. The number of thioether (sulfide) groups is 1. The van der Waals surface area contributed by atoms with Crippen LogP contribution in [0.1, 0.15) is 33.3 Å². The van der Waals surface area contributed by atoms with E-state index in [0.717, 1.165) is 11.3 Å². The number of nitrogens with one attached hydrogen (secondary N) is 2. The largest absolute Gasteiger partial charge is 0.353 e. The molecule has 0 spiro atoms.